The van der Waals surface area contributed by atoms with Crippen LogP contribution in [0, 0.1) is 0 Å². The van der Waals surface area contributed by atoms with Crippen LogP contribution in [0.4, 0.5) is 0 Å². The molecule has 0 atom stereocenters. The molecule has 2 heterocycles. The number of carbonyl (C=O) groups excluding carboxylic acids is 1. The first-order valence-corrected chi connectivity index (χ1v) is 9.30. The van der Waals surface area contributed by atoms with Gasteiger partial charge in [-0.1, -0.05) is 37.6 Å². The van der Waals surface area contributed by atoms with Crippen molar-refractivity contribution in [1.82, 2.24) is 20.1 Å². The number of hydrogen-bond acceptors (Lipinski definition) is 4. The number of amides is 1. The smallest absolute Gasteiger partial charge is 0.234 e. The molecule has 1 saturated heterocycles. The highest BCUT2D eigenvalue weighted by atomic mass is 16.2. The van der Waals surface area contributed by atoms with Gasteiger partial charge in [0.05, 0.1) is 12.1 Å². The van der Waals surface area contributed by atoms with Crippen molar-refractivity contribution in [3.8, 4) is 0 Å². The van der Waals surface area contributed by atoms with Gasteiger partial charge in [0.15, 0.2) is 0 Å². The van der Waals surface area contributed by atoms with Crippen LogP contribution in [0.15, 0.2) is 36.5 Å². The summed E-state index contributed by atoms with van der Waals surface area (Å²) in [5.74, 6) is 0.153. The maximum Gasteiger partial charge on any atom is 0.234 e. The molecule has 1 amide bonds. The fraction of sp³-hybridized carbons (Fsp3) is 0.500. The van der Waals surface area contributed by atoms with E-state index in [1.54, 1.807) is 0 Å². The van der Waals surface area contributed by atoms with E-state index in [1.165, 1.54) is 10.9 Å². The first-order valence-electron chi connectivity index (χ1n) is 9.30. The molecule has 1 aliphatic rings. The number of benzene rings is 1. The van der Waals surface area contributed by atoms with Crippen molar-refractivity contribution < 1.29 is 4.79 Å². The second kappa shape index (κ2) is 8.92. The third-order valence-electron chi connectivity index (χ3n) is 4.79. The van der Waals surface area contributed by atoms with Crippen molar-refractivity contribution in [2.24, 2.45) is 0 Å². The predicted molar refractivity (Wildman–Crippen MR) is 101 cm³/mol. The normalized spacial score (nSPS) is 16.2. The summed E-state index contributed by atoms with van der Waals surface area (Å²) in [4.78, 5) is 21.2. The molecule has 0 saturated carbocycles. The van der Waals surface area contributed by atoms with E-state index >= 15 is 0 Å². The minimum Gasteiger partial charge on any atom is -0.355 e. The fourth-order valence-corrected chi connectivity index (χ4v) is 3.30. The van der Waals surface area contributed by atoms with Gasteiger partial charge in [0.25, 0.3) is 0 Å². The average molecular weight is 340 g/mol. The minimum atomic E-state index is 0.153. The van der Waals surface area contributed by atoms with Crippen molar-refractivity contribution in [2.75, 3.05) is 39.3 Å². The summed E-state index contributed by atoms with van der Waals surface area (Å²) in [5, 5.41) is 4.20. The highest BCUT2D eigenvalue weighted by Gasteiger charge is 2.19. The largest absolute Gasteiger partial charge is 0.355 e. The Hall–Kier alpha value is -1.98. The summed E-state index contributed by atoms with van der Waals surface area (Å²) in [7, 11) is 0. The van der Waals surface area contributed by atoms with E-state index in [9.17, 15) is 4.79 Å². The third-order valence-corrected chi connectivity index (χ3v) is 4.79. The predicted octanol–water partition coefficient (Wildman–Crippen LogP) is 2.27. The van der Waals surface area contributed by atoms with Crippen molar-refractivity contribution >= 4 is 16.8 Å². The highest BCUT2D eigenvalue weighted by molar-refractivity contribution is 5.81. The molecular weight excluding hydrogens is 312 g/mol. The monoisotopic (exact) mass is 340 g/mol. The number of carbonyl (C=O) groups is 1. The number of hydrogen-bond donors (Lipinski definition) is 1. The number of rotatable bonds is 7. The van der Waals surface area contributed by atoms with Crippen molar-refractivity contribution in [2.45, 2.75) is 26.3 Å². The van der Waals surface area contributed by atoms with Gasteiger partial charge in [0.2, 0.25) is 5.91 Å². The molecule has 1 aromatic heterocycles. The van der Waals surface area contributed by atoms with Crippen LogP contribution in [0.5, 0.6) is 0 Å². The Morgan fingerprint density at radius 2 is 1.88 bits per heavy atom. The van der Waals surface area contributed by atoms with Crippen LogP contribution < -0.4 is 5.32 Å². The van der Waals surface area contributed by atoms with E-state index in [2.05, 4.69) is 51.3 Å². The standard InChI is InChI=1S/C20H28N4O/c1-2-3-9-21-19(25)16-24-13-11-23(12-14-24)15-18-7-4-6-17-8-5-10-22-20(17)18/h4-8,10H,2-3,9,11-16H2,1H3,(H,21,25). The summed E-state index contributed by atoms with van der Waals surface area (Å²) in [6, 6.07) is 10.5. The Balaban J connectivity index is 1.48. The van der Waals surface area contributed by atoms with Gasteiger partial charge in [-0.05, 0) is 18.1 Å². The first-order chi connectivity index (χ1) is 12.3. The second-order valence-electron chi connectivity index (χ2n) is 6.75. The molecule has 5 heteroatoms. The molecule has 5 nitrogen and oxygen atoms in total. The van der Waals surface area contributed by atoms with Gasteiger partial charge < -0.3 is 5.32 Å². The summed E-state index contributed by atoms with van der Waals surface area (Å²) < 4.78 is 0. The molecule has 0 aliphatic carbocycles. The number of pyridine rings is 1. The molecule has 1 aliphatic heterocycles. The van der Waals surface area contributed by atoms with Crippen LogP contribution in [0.3, 0.4) is 0 Å². The number of nitrogens with zero attached hydrogens (tertiary/aromatic N) is 3. The van der Waals surface area contributed by atoms with E-state index in [0.29, 0.717) is 6.54 Å². The molecule has 1 N–H and O–H groups in total. The van der Waals surface area contributed by atoms with Crippen LogP contribution >= 0.6 is 0 Å². The lowest BCUT2D eigenvalue weighted by Gasteiger charge is -2.34. The third kappa shape index (κ3) is 5.00. The quantitative estimate of drug-likeness (QED) is 0.786. The molecule has 1 fully saturated rings. The number of unbranched alkanes of at least 4 members (excludes halogenated alkanes) is 1. The summed E-state index contributed by atoms with van der Waals surface area (Å²) >= 11 is 0. The fourth-order valence-electron chi connectivity index (χ4n) is 3.30. The summed E-state index contributed by atoms with van der Waals surface area (Å²) in [5.41, 5.74) is 2.38. The van der Waals surface area contributed by atoms with Gasteiger partial charge in [-0.3, -0.25) is 19.6 Å². The summed E-state index contributed by atoms with van der Waals surface area (Å²) in [6.07, 6.45) is 4.03. The molecule has 0 radical (unpaired) electrons. The van der Waals surface area contributed by atoms with Gasteiger partial charge >= 0.3 is 0 Å². The Morgan fingerprint density at radius 1 is 1.12 bits per heavy atom. The number of fused-ring (bicyclic) bond motifs is 1. The Kier molecular flexibility index (Phi) is 6.36. The lowest BCUT2D eigenvalue weighted by Crippen LogP contribution is -2.49. The van der Waals surface area contributed by atoms with Crippen LogP contribution in [-0.2, 0) is 11.3 Å². The first kappa shape index (κ1) is 17.8. The van der Waals surface area contributed by atoms with Crippen LogP contribution in [-0.4, -0.2) is 60.0 Å². The van der Waals surface area contributed by atoms with Crippen molar-refractivity contribution in [3.63, 3.8) is 0 Å². The number of para-hydroxylation sites is 1. The average Bonchev–Trinajstić information content (AvgIpc) is 2.64. The van der Waals surface area contributed by atoms with Gasteiger partial charge in [0.1, 0.15) is 0 Å². The van der Waals surface area contributed by atoms with E-state index in [0.717, 1.165) is 57.6 Å². The zero-order chi connectivity index (χ0) is 17.5. The molecule has 134 valence electrons. The van der Waals surface area contributed by atoms with E-state index < -0.39 is 0 Å². The maximum absolute atomic E-state index is 11.9. The van der Waals surface area contributed by atoms with Crippen LogP contribution in [0.25, 0.3) is 10.9 Å². The number of nitrogens with one attached hydrogen (secondary N) is 1. The molecule has 2 aromatic rings. The van der Waals surface area contributed by atoms with Gasteiger partial charge in [-0.2, -0.15) is 0 Å². The van der Waals surface area contributed by atoms with Crippen LogP contribution in [0.1, 0.15) is 25.3 Å². The SMILES string of the molecule is CCCCNC(=O)CN1CCN(Cc2cccc3cccnc23)CC1. The molecule has 0 bridgehead atoms. The van der Waals surface area contributed by atoms with E-state index in [4.69, 9.17) is 0 Å². The van der Waals surface area contributed by atoms with E-state index in [1.807, 2.05) is 12.3 Å². The molecule has 25 heavy (non-hydrogen) atoms. The number of aromatic nitrogens is 1. The van der Waals surface area contributed by atoms with E-state index in [-0.39, 0.29) is 5.91 Å². The highest BCUT2D eigenvalue weighted by Crippen LogP contribution is 2.18. The zero-order valence-corrected chi connectivity index (χ0v) is 15.1. The Morgan fingerprint density at radius 3 is 2.68 bits per heavy atom. The Labute approximate surface area is 150 Å². The second-order valence-corrected chi connectivity index (χ2v) is 6.75. The van der Waals surface area contributed by atoms with Gasteiger partial charge in [-0.25, -0.2) is 0 Å². The zero-order valence-electron chi connectivity index (χ0n) is 15.1. The molecular formula is C20H28N4O. The van der Waals surface area contributed by atoms with Crippen LogP contribution in [0.2, 0.25) is 0 Å². The molecule has 0 spiro atoms. The minimum absolute atomic E-state index is 0.153. The van der Waals surface area contributed by atoms with Crippen molar-refractivity contribution in [1.29, 1.82) is 0 Å². The van der Waals surface area contributed by atoms with Gasteiger partial charge in [0, 0.05) is 50.9 Å². The lowest BCUT2D eigenvalue weighted by atomic mass is 10.1. The Bertz CT molecular complexity index is 690. The lowest BCUT2D eigenvalue weighted by molar-refractivity contribution is -0.122. The summed E-state index contributed by atoms with van der Waals surface area (Å²) in [6.45, 7) is 8.24. The molecule has 3 rings (SSSR count). The molecule has 0 unspecified atom stereocenters. The molecule has 1 aromatic carbocycles. The van der Waals surface area contributed by atoms with Crippen molar-refractivity contribution in [3.05, 3.63) is 42.1 Å². The number of piperazine rings is 1. The maximum atomic E-state index is 11.9. The van der Waals surface area contributed by atoms with Gasteiger partial charge in [-0.15, -0.1) is 0 Å². The topological polar surface area (TPSA) is 48.5 Å².